The number of aryl methyl sites for hydroxylation is 2. The van der Waals surface area contributed by atoms with Crippen molar-refractivity contribution in [2.45, 2.75) is 13.8 Å². The molecule has 0 N–H and O–H groups in total. The molecule has 4 nitrogen and oxygen atoms in total. The number of nitrogens with zero attached hydrogens (tertiary/aromatic N) is 3. The highest BCUT2D eigenvalue weighted by Crippen LogP contribution is 2.35. The maximum Gasteiger partial charge on any atom is 0.119 e. The van der Waals surface area contributed by atoms with Crippen LogP contribution in [0.1, 0.15) is 11.1 Å². The van der Waals surface area contributed by atoms with E-state index in [-0.39, 0.29) is 0 Å². The van der Waals surface area contributed by atoms with Crippen LogP contribution in [-0.2, 0) is 0 Å². The van der Waals surface area contributed by atoms with Gasteiger partial charge in [-0.3, -0.25) is 4.98 Å². The van der Waals surface area contributed by atoms with Crippen LogP contribution in [0.2, 0.25) is 0 Å². The Morgan fingerprint density at radius 2 is 1.66 bits per heavy atom. The van der Waals surface area contributed by atoms with Gasteiger partial charge in [0, 0.05) is 22.5 Å². The Bertz CT molecular complexity index is 1350. The highest BCUT2D eigenvalue weighted by Gasteiger charge is 2.17. The Balaban J connectivity index is 1.91. The van der Waals surface area contributed by atoms with Crippen LogP contribution < -0.4 is 4.74 Å². The number of fused-ring (bicyclic) bond motifs is 3. The number of hydrogen-bond donors (Lipinski definition) is 0. The SMILES string of the molecule is COc1ccc2ncc3c(-c4ccccc4)nn(-c4ccc(C)c(C)c4)c3c2c1. The summed E-state index contributed by atoms with van der Waals surface area (Å²) >= 11 is 0. The van der Waals surface area contributed by atoms with Crippen LogP contribution in [0.4, 0.5) is 0 Å². The van der Waals surface area contributed by atoms with Crippen molar-refractivity contribution >= 4 is 21.8 Å². The number of aromatic nitrogens is 3. The standard InChI is InChI=1S/C25H21N3O/c1-16-9-10-19(13-17(16)2)28-25-21-14-20(29-3)11-12-23(21)26-15-22(25)24(27-28)18-7-5-4-6-8-18/h4-15H,1-3H3. The topological polar surface area (TPSA) is 39.9 Å². The average molecular weight is 379 g/mol. The fraction of sp³-hybridized carbons (Fsp3) is 0.120. The molecule has 0 aliphatic carbocycles. The van der Waals surface area contributed by atoms with Gasteiger partial charge in [-0.05, 0) is 55.3 Å². The second-order valence-corrected chi connectivity index (χ2v) is 7.30. The van der Waals surface area contributed by atoms with Gasteiger partial charge in [0.15, 0.2) is 0 Å². The number of rotatable bonds is 3. The molecule has 0 atom stereocenters. The van der Waals surface area contributed by atoms with E-state index in [0.717, 1.165) is 44.5 Å². The maximum absolute atomic E-state index is 5.49. The van der Waals surface area contributed by atoms with E-state index < -0.39 is 0 Å². The van der Waals surface area contributed by atoms with Gasteiger partial charge in [0.1, 0.15) is 11.4 Å². The van der Waals surface area contributed by atoms with Gasteiger partial charge < -0.3 is 4.74 Å². The fourth-order valence-electron chi connectivity index (χ4n) is 3.74. The van der Waals surface area contributed by atoms with E-state index in [9.17, 15) is 0 Å². The molecule has 0 aliphatic rings. The summed E-state index contributed by atoms with van der Waals surface area (Å²) in [5, 5.41) is 7.09. The predicted octanol–water partition coefficient (Wildman–Crippen LogP) is 5.87. The lowest BCUT2D eigenvalue weighted by atomic mass is 10.1. The van der Waals surface area contributed by atoms with Crippen LogP contribution in [-0.4, -0.2) is 21.9 Å². The molecule has 2 heterocycles. The van der Waals surface area contributed by atoms with E-state index in [2.05, 4.69) is 44.2 Å². The molecule has 5 rings (SSSR count). The normalized spacial score (nSPS) is 11.3. The van der Waals surface area contributed by atoms with Crippen LogP contribution >= 0.6 is 0 Å². The zero-order valence-corrected chi connectivity index (χ0v) is 16.7. The molecule has 4 heteroatoms. The van der Waals surface area contributed by atoms with Gasteiger partial charge in [0.05, 0.1) is 23.8 Å². The fourth-order valence-corrected chi connectivity index (χ4v) is 3.74. The Kier molecular flexibility index (Phi) is 4.06. The summed E-state index contributed by atoms with van der Waals surface area (Å²) in [6, 6.07) is 22.7. The van der Waals surface area contributed by atoms with Gasteiger partial charge in [-0.15, -0.1) is 0 Å². The first-order chi connectivity index (χ1) is 14.2. The molecule has 0 radical (unpaired) electrons. The van der Waals surface area contributed by atoms with E-state index in [0.29, 0.717) is 0 Å². The van der Waals surface area contributed by atoms with Crippen LogP contribution in [0, 0.1) is 13.8 Å². The smallest absolute Gasteiger partial charge is 0.119 e. The largest absolute Gasteiger partial charge is 0.497 e. The Morgan fingerprint density at radius 3 is 2.41 bits per heavy atom. The number of methoxy groups -OCH3 is 1. The molecule has 29 heavy (non-hydrogen) atoms. The molecule has 3 aromatic carbocycles. The molecule has 142 valence electrons. The lowest BCUT2D eigenvalue weighted by Gasteiger charge is -2.09. The number of ether oxygens (including phenoxy) is 1. The first kappa shape index (κ1) is 17.4. The molecule has 0 bridgehead atoms. The van der Waals surface area contributed by atoms with Crippen molar-refractivity contribution in [3.8, 4) is 22.7 Å². The first-order valence-corrected chi connectivity index (χ1v) is 9.64. The molecule has 0 unspecified atom stereocenters. The summed E-state index contributed by atoms with van der Waals surface area (Å²) in [5.74, 6) is 0.806. The highest BCUT2D eigenvalue weighted by molar-refractivity contribution is 6.09. The van der Waals surface area contributed by atoms with Gasteiger partial charge in [0.25, 0.3) is 0 Å². The van der Waals surface area contributed by atoms with Gasteiger partial charge in [-0.25, -0.2) is 4.68 Å². The summed E-state index contributed by atoms with van der Waals surface area (Å²) < 4.78 is 7.52. The summed E-state index contributed by atoms with van der Waals surface area (Å²) in [6.45, 7) is 4.26. The van der Waals surface area contributed by atoms with E-state index in [4.69, 9.17) is 14.8 Å². The molecule has 0 spiro atoms. The van der Waals surface area contributed by atoms with Crippen molar-refractivity contribution in [1.82, 2.24) is 14.8 Å². The predicted molar refractivity (Wildman–Crippen MR) is 118 cm³/mol. The second kappa shape index (κ2) is 6.74. The van der Waals surface area contributed by atoms with Crippen molar-refractivity contribution in [3.05, 3.63) is 84.1 Å². The molecule has 0 amide bonds. The van der Waals surface area contributed by atoms with Gasteiger partial charge in [0.2, 0.25) is 0 Å². The van der Waals surface area contributed by atoms with Crippen molar-refractivity contribution in [1.29, 1.82) is 0 Å². The minimum atomic E-state index is 0.806. The second-order valence-electron chi connectivity index (χ2n) is 7.30. The third-order valence-electron chi connectivity index (χ3n) is 5.50. The summed E-state index contributed by atoms with van der Waals surface area (Å²) in [7, 11) is 1.69. The van der Waals surface area contributed by atoms with Gasteiger partial charge in [-0.2, -0.15) is 5.10 Å². The summed E-state index contributed by atoms with van der Waals surface area (Å²) in [5.41, 5.74) is 7.50. The van der Waals surface area contributed by atoms with E-state index in [1.165, 1.54) is 11.1 Å². The summed E-state index contributed by atoms with van der Waals surface area (Å²) in [6.07, 6.45) is 1.93. The van der Waals surface area contributed by atoms with Crippen LogP contribution in [0.15, 0.2) is 72.9 Å². The number of pyridine rings is 1. The molecule has 0 fully saturated rings. The van der Waals surface area contributed by atoms with Crippen molar-refractivity contribution < 1.29 is 4.74 Å². The Hall–Kier alpha value is -3.66. The minimum Gasteiger partial charge on any atom is -0.497 e. The molecular formula is C25H21N3O. The van der Waals surface area contributed by atoms with Crippen LogP contribution in [0.25, 0.3) is 38.8 Å². The number of benzene rings is 3. The highest BCUT2D eigenvalue weighted by atomic mass is 16.5. The molecule has 0 aliphatic heterocycles. The van der Waals surface area contributed by atoms with E-state index >= 15 is 0 Å². The zero-order chi connectivity index (χ0) is 20.0. The third kappa shape index (κ3) is 2.85. The Labute approximate surface area is 169 Å². The van der Waals surface area contributed by atoms with Crippen molar-refractivity contribution in [3.63, 3.8) is 0 Å². The van der Waals surface area contributed by atoms with Crippen LogP contribution in [0.5, 0.6) is 5.75 Å². The monoisotopic (exact) mass is 379 g/mol. The van der Waals surface area contributed by atoms with Crippen LogP contribution in [0.3, 0.4) is 0 Å². The summed E-state index contributed by atoms with van der Waals surface area (Å²) in [4.78, 5) is 4.70. The first-order valence-electron chi connectivity index (χ1n) is 9.64. The number of hydrogen-bond acceptors (Lipinski definition) is 3. The Morgan fingerprint density at radius 1 is 0.828 bits per heavy atom. The molecule has 0 saturated heterocycles. The lowest BCUT2D eigenvalue weighted by molar-refractivity contribution is 0.415. The van der Waals surface area contributed by atoms with Gasteiger partial charge in [-0.1, -0.05) is 36.4 Å². The zero-order valence-electron chi connectivity index (χ0n) is 16.7. The molecule has 0 saturated carbocycles. The van der Waals surface area contributed by atoms with Crippen molar-refractivity contribution in [2.75, 3.05) is 7.11 Å². The minimum absolute atomic E-state index is 0.806. The van der Waals surface area contributed by atoms with Crippen molar-refractivity contribution in [2.24, 2.45) is 0 Å². The van der Waals surface area contributed by atoms with E-state index in [1.807, 2.05) is 47.3 Å². The molecule has 5 aromatic rings. The third-order valence-corrected chi connectivity index (χ3v) is 5.50. The maximum atomic E-state index is 5.49. The molecular weight excluding hydrogens is 358 g/mol. The van der Waals surface area contributed by atoms with E-state index in [1.54, 1.807) is 7.11 Å². The van der Waals surface area contributed by atoms with Gasteiger partial charge >= 0.3 is 0 Å². The lowest BCUT2D eigenvalue weighted by Crippen LogP contribution is -1.98. The average Bonchev–Trinajstić information content (AvgIpc) is 3.16. The molecule has 2 aromatic heterocycles. The quantitative estimate of drug-likeness (QED) is 0.394.